The first-order chi connectivity index (χ1) is 8.36. The standard InChI is InChI=1S/C12H26O4Si/c1-3-5-7-15-17(16-8-6-4-2)11-13-9-12-10-14-12/h12,17H,3-11H2,1-2H3. The highest BCUT2D eigenvalue weighted by Gasteiger charge is 2.23. The maximum absolute atomic E-state index is 5.78. The van der Waals surface area contributed by atoms with E-state index in [-0.39, 0.29) is 0 Å². The molecule has 1 rings (SSSR count). The topological polar surface area (TPSA) is 40.2 Å². The van der Waals surface area contributed by atoms with E-state index in [2.05, 4.69) is 13.8 Å². The zero-order valence-corrected chi connectivity index (χ0v) is 12.3. The van der Waals surface area contributed by atoms with Crippen LogP contribution in [0.1, 0.15) is 39.5 Å². The van der Waals surface area contributed by atoms with Gasteiger partial charge < -0.3 is 18.3 Å². The molecule has 1 aliphatic heterocycles. The molecule has 4 nitrogen and oxygen atoms in total. The van der Waals surface area contributed by atoms with E-state index in [1.807, 2.05) is 0 Å². The zero-order chi connectivity index (χ0) is 12.3. The quantitative estimate of drug-likeness (QED) is 0.305. The predicted octanol–water partition coefficient (Wildman–Crippen LogP) is 1.79. The minimum Gasteiger partial charge on any atom is -0.395 e. The third kappa shape index (κ3) is 8.74. The van der Waals surface area contributed by atoms with Crippen molar-refractivity contribution in [2.24, 2.45) is 0 Å². The van der Waals surface area contributed by atoms with E-state index in [0.29, 0.717) is 18.9 Å². The lowest BCUT2D eigenvalue weighted by Crippen LogP contribution is -2.31. The summed E-state index contributed by atoms with van der Waals surface area (Å²) in [6.45, 7) is 7.49. The van der Waals surface area contributed by atoms with Crippen LogP contribution in [0.5, 0.6) is 0 Å². The van der Waals surface area contributed by atoms with Crippen molar-refractivity contribution in [1.82, 2.24) is 0 Å². The van der Waals surface area contributed by atoms with Crippen molar-refractivity contribution in [3.8, 4) is 0 Å². The summed E-state index contributed by atoms with van der Waals surface area (Å²) in [4.78, 5) is 0. The van der Waals surface area contributed by atoms with Crippen molar-refractivity contribution < 1.29 is 18.3 Å². The Bertz CT molecular complexity index is 166. The molecular formula is C12H26O4Si. The van der Waals surface area contributed by atoms with E-state index in [1.165, 1.54) is 0 Å². The van der Waals surface area contributed by atoms with Crippen LogP contribution in [0.2, 0.25) is 0 Å². The lowest BCUT2D eigenvalue weighted by atomic mass is 10.4. The summed E-state index contributed by atoms with van der Waals surface area (Å²) in [5.74, 6) is 0. The molecule has 1 fully saturated rings. The van der Waals surface area contributed by atoms with Gasteiger partial charge in [-0.25, -0.2) is 0 Å². The van der Waals surface area contributed by atoms with Gasteiger partial charge in [0, 0.05) is 13.2 Å². The van der Waals surface area contributed by atoms with Crippen molar-refractivity contribution in [1.29, 1.82) is 0 Å². The minimum absolute atomic E-state index is 0.330. The second-order valence-corrected chi connectivity index (χ2v) is 6.23. The van der Waals surface area contributed by atoms with Crippen molar-refractivity contribution in [3.05, 3.63) is 0 Å². The van der Waals surface area contributed by atoms with E-state index in [4.69, 9.17) is 18.3 Å². The molecule has 1 aliphatic rings. The van der Waals surface area contributed by atoms with Crippen LogP contribution in [-0.4, -0.2) is 48.0 Å². The summed E-state index contributed by atoms with van der Waals surface area (Å²) in [5.41, 5.74) is 0. The van der Waals surface area contributed by atoms with Gasteiger partial charge in [0.15, 0.2) is 0 Å². The molecule has 17 heavy (non-hydrogen) atoms. The molecule has 1 saturated heterocycles. The van der Waals surface area contributed by atoms with Gasteiger partial charge in [-0.1, -0.05) is 26.7 Å². The molecule has 0 bridgehead atoms. The summed E-state index contributed by atoms with van der Waals surface area (Å²) >= 11 is 0. The van der Waals surface area contributed by atoms with Gasteiger partial charge in [-0.2, -0.15) is 0 Å². The Hall–Kier alpha value is 0.0569. The zero-order valence-electron chi connectivity index (χ0n) is 11.2. The summed E-state index contributed by atoms with van der Waals surface area (Å²) < 4.78 is 22.2. The predicted molar refractivity (Wildman–Crippen MR) is 69.4 cm³/mol. The molecule has 1 atom stereocenters. The summed E-state index contributed by atoms with van der Waals surface area (Å²) in [6.07, 6.45) is 5.50. The van der Waals surface area contributed by atoms with Crippen LogP contribution >= 0.6 is 0 Å². The highest BCUT2D eigenvalue weighted by molar-refractivity contribution is 6.44. The molecule has 0 aromatic heterocycles. The number of hydrogen-bond donors (Lipinski definition) is 0. The van der Waals surface area contributed by atoms with Gasteiger partial charge in [0.05, 0.1) is 19.4 Å². The highest BCUT2D eigenvalue weighted by Crippen LogP contribution is 2.08. The van der Waals surface area contributed by atoms with Gasteiger partial charge in [-0.15, -0.1) is 0 Å². The number of unbranched alkanes of at least 4 members (excludes halogenated alkanes) is 2. The first kappa shape index (κ1) is 15.1. The van der Waals surface area contributed by atoms with Crippen LogP contribution in [0.4, 0.5) is 0 Å². The lowest BCUT2D eigenvalue weighted by Gasteiger charge is -2.16. The molecule has 0 aliphatic carbocycles. The second-order valence-electron chi connectivity index (χ2n) is 4.37. The van der Waals surface area contributed by atoms with Gasteiger partial charge >= 0.3 is 9.28 Å². The molecule has 5 heteroatoms. The van der Waals surface area contributed by atoms with E-state index in [0.717, 1.165) is 45.5 Å². The lowest BCUT2D eigenvalue weighted by molar-refractivity contribution is 0.106. The summed E-state index contributed by atoms with van der Waals surface area (Å²) in [7, 11) is -1.61. The largest absolute Gasteiger partial charge is 0.395 e. The van der Waals surface area contributed by atoms with Crippen LogP contribution < -0.4 is 0 Å². The Morgan fingerprint density at radius 2 is 1.71 bits per heavy atom. The molecule has 1 unspecified atom stereocenters. The molecule has 0 radical (unpaired) electrons. The van der Waals surface area contributed by atoms with E-state index in [1.54, 1.807) is 0 Å². The van der Waals surface area contributed by atoms with Gasteiger partial charge in [0.2, 0.25) is 0 Å². The maximum atomic E-state index is 5.78. The van der Waals surface area contributed by atoms with Gasteiger partial charge in [0.25, 0.3) is 0 Å². The maximum Gasteiger partial charge on any atom is 0.348 e. The van der Waals surface area contributed by atoms with Crippen molar-refractivity contribution >= 4 is 9.28 Å². The molecule has 102 valence electrons. The van der Waals surface area contributed by atoms with Crippen LogP contribution in [0.25, 0.3) is 0 Å². The Balaban J connectivity index is 2.04. The van der Waals surface area contributed by atoms with Crippen molar-refractivity contribution in [3.63, 3.8) is 0 Å². The number of epoxide rings is 1. The van der Waals surface area contributed by atoms with Crippen LogP contribution in [0.3, 0.4) is 0 Å². The molecule has 0 aromatic rings. The monoisotopic (exact) mass is 262 g/mol. The Morgan fingerprint density at radius 1 is 1.12 bits per heavy atom. The van der Waals surface area contributed by atoms with Gasteiger partial charge in [-0.05, 0) is 12.8 Å². The number of rotatable bonds is 12. The average molecular weight is 262 g/mol. The average Bonchev–Trinajstić information content (AvgIpc) is 3.13. The Labute approximate surface area is 106 Å². The Kier molecular flexibility index (Phi) is 8.91. The molecule has 1 heterocycles. The van der Waals surface area contributed by atoms with Crippen molar-refractivity contribution in [2.75, 3.05) is 32.7 Å². The fourth-order valence-electron chi connectivity index (χ4n) is 1.32. The van der Waals surface area contributed by atoms with Gasteiger partial charge in [0.1, 0.15) is 6.10 Å². The molecule has 0 amide bonds. The molecule has 0 aromatic carbocycles. The smallest absolute Gasteiger partial charge is 0.348 e. The summed E-state index contributed by atoms with van der Waals surface area (Å²) in [5, 5.41) is 0. The van der Waals surface area contributed by atoms with Crippen LogP contribution in [0.15, 0.2) is 0 Å². The minimum atomic E-state index is -1.61. The summed E-state index contributed by atoms with van der Waals surface area (Å²) in [6, 6.07) is 0. The molecular weight excluding hydrogens is 236 g/mol. The van der Waals surface area contributed by atoms with E-state index < -0.39 is 9.28 Å². The first-order valence-corrected chi connectivity index (χ1v) is 8.55. The molecule has 0 spiro atoms. The normalized spacial score (nSPS) is 18.9. The van der Waals surface area contributed by atoms with E-state index in [9.17, 15) is 0 Å². The number of hydrogen-bond acceptors (Lipinski definition) is 4. The molecule has 0 N–H and O–H groups in total. The van der Waals surface area contributed by atoms with Crippen molar-refractivity contribution in [2.45, 2.75) is 45.6 Å². The SMILES string of the molecule is CCCCO[SiH](COCC1CO1)OCCCC. The first-order valence-electron chi connectivity index (χ1n) is 6.79. The van der Waals surface area contributed by atoms with Gasteiger partial charge in [-0.3, -0.25) is 0 Å². The van der Waals surface area contributed by atoms with Crippen LogP contribution in [0, 0.1) is 0 Å². The Morgan fingerprint density at radius 3 is 2.18 bits per heavy atom. The van der Waals surface area contributed by atoms with Crippen LogP contribution in [-0.2, 0) is 18.3 Å². The third-order valence-electron chi connectivity index (χ3n) is 2.56. The second kappa shape index (κ2) is 10.0. The third-order valence-corrected chi connectivity index (χ3v) is 4.29. The highest BCUT2D eigenvalue weighted by atomic mass is 28.3. The number of ether oxygens (including phenoxy) is 2. The fraction of sp³-hybridized carbons (Fsp3) is 1.00. The fourth-order valence-corrected chi connectivity index (χ4v) is 2.80. The molecule has 0 saturated carbocycles. The van der Waals surface area contributed by atoms with E-state index >= 15 is 0 Å².